The smallest absolute Gasteiger partial charge is 0.191 e. The Hall–Kier alpha value is -2.49. The van der Waals surface area contributed by atoms with Crippen LogP contribution in [-0.4, -0.2) is 5.96 Å². The summed E-state index contributed by atoms with van der Waals surface area (Å²) in [7, 11) is 0. The van der Waals surface area contributed by atoms with Crippen LogP contribution in [0.15, 0.2) is 35.3 Å². The van der Waals surface area contributed by atoms with Crippen LogP contribution in [0.5, 0.6) is 0 Å². The molecule has 0 radical (unpaired) electrons. The second-order valence-electron chi connectivity index (χ2n) is 5.03. The Bertz CT molecular complexity index is 640. The van der Waals surface area contributed by atoms with Crippen molar-refractivity contribution in [2.45, 2.75) is 20.8 Å². The molecule has 20 heavy (non-hydrogen) atoms. The second kappa shape index (κ2) is 5.25. The van der Waals surface area contributed by atoms with E-state index < -0.39 is 0 Å². The van der Waals surface area contributed by atoms with Crippen LogP contribution in [0.3, 0.4) is 0 Å². The van der Waals surface area contributed by atoms with Gasteiger partial charge in [0.1, 0.15) is 0 Å². The van der Waals surface area contributed by atoms with Gasteiger partial charge in [0.25, 0.3) is 0 Å². The average Bonchev–Trinajstić information content (AvgIpc) is 2.33. The highest BCUT2D eigenvalue weighted by molar-refractivity contribution is 5.85. The van der Waals surface area contributed by atoms with Crippen molar-refractivity contribution in [2.24, 2.45) is 16.5 Å². The molecule has 4 heteroatoms. The Morgan fingerprint density at radius 1 is 0.950 bits per heavy atom. The van der Waals surface area contributed by atoms with E-state index in [-0.39, 0.29) is 5.96 Å². The minimum atomic E-state index is 0.0135. The summed E-state index contributed by atoms with van der Waals surface area (Å²) < 4.78 is 0. The van der Waals surface area contributed by atoms with Crippen molar-refractivity contribution in [1.82, 2.24) is 0 Å². The van der Waals surface area contributed by atoms with Crippen molar-refractivity contribution in [3.8, 4) is 11.1 Å². The molecule has 0 saturated carbocycles. The largest absolute Gasteiger partial charge is 0.397 e. The molecule has 0 amide bonds. The summed E-state index contributed by atoms with van der Waals surface area (Å²) in [5, 5.41) is 0. The number of benzene rings is 2. The molecular formula is C16H20N4. The highest BCUT2D eigenvalue weighted by Gasteiger charge is 2.10. The number of nitrogens with zero attached hydrogens (tertiary/aromatic N) is 1. The highest BCUT2D eigenvalue weighted by Crippen LogP contribution is 2.35. The molecule has 2 rings (SSSR count). The molecule has 0 saturated heterocycles. The quantitative estimate of drug-likeness (QED) is 0.444. The van der Waals surface area contributed by atoms with Crippen LogP contribution in [-0.2, 0) is 0 Å². The number of nitrogens with two attached hydrogens (primary N) is 3. The Morgan fingerprint density at radius 3 is 2.05 bits per heavy atom. The van der Waals surface area contributed by atoms with E-state index in [0.29, 0.717) is 11.4 Å². The number of nitrogen functional groups attached to an aromatic ring is 1. The summed E-state index contributed by atoms with van der Waals surface area (Å²) in [4.78, 5) is 4.09. The monoisotopic (exact) mass is 268 g/mol. The van der Waals surface area contributed by atoms with Gasteiger partial charge in [-0.2, -0.15) is 0 Å². The predicted octanol–water partition coefficient (Wildman–Crippen LogP) is 2.77. The number of rotatable bonds is 2. The summed E-state index contributed by atoms with van der Waals surface area (Å²) in [6, 6.07) is 10.2. The van der Waals surface area contributed by atoms with Gasteiger partial charge in [0, 0.05) is 0 Å². The first-order valence-electron chi connectivity index (χ1n) is 6.46. The van der Waals surface area contributed by atoms with Gasteiger partial charge >= 0.3 is 0 Å². The molecule has 0 heterocycles. The van der Waals surface area contributed by atoms with E-state index >= 15 is 0 Å². The Balaban J connectivity index is 2.64. The first-order chi connectivity index (χ1) is 9.40. The Morgan fingerprint density at radius 2 is 1.55 bits per heavy atom. The van der Waals surface area contributed by atoms with Gasteiger partial charge in [-0.15, -0.1) is 0 Å². The van der Waals surface area contributed by atoms with Crippen molar-refractivity contribution in [1.29, 1.82) is 0 Å². The molecule has 2 aromatic rings. The van der Waals surface area contributed by atoms with Crippen LogP contribution in [0.2, 0.25) is 0 Å². The molecule has 0 aromatic heterocycles. The standard InChI is InChI=1S/C16H20N4/c1-9-5-4-6-10(2)14(9)12-7-11(3)15(13(17)8-12)20-16(18)19/h4-8H,17H2,1-3H3,(H4,18,19,20). The zero-order valence-corrected chi connectivity index (χ0v) is 12.1. The molecule has 4 nitrogen and oxygen atoms in total. The lowest BCUT2D eigenvalue weighted by molar-refractivity contribution is 1.34. The number of hydrogen-bond acceptors (Lipinski definition) is 2. The average molecular weight is 268 g/mol. The topological polar surface area (TPSA) is 90.4 Å². The molecule has 0 atom stereocenters. The zero-order valence-electron chi connectivity index (χ0n) is 12.1. The van der Waals surface area contributed by atoms with E-state index in [1.54, 1.807) is 0 Å². The van der Waals surface area contributed by atoms with Crippen LogP contribution in [0.1, 0.15) is 16.7 Å². The fourth-order valence-corrected chi connectivity index (χ4v) is 2.50. The molecule has 0 unspecified atom stereocenters. The van der Waals surface area contributed by atoms with Crippen molar-refractivity contribution in [3.63, 3.8) is 0 Å². The van der Waals surface area contributed by atoms with Crippen molar-refractivity contribution in [2.75, 3.05) is 5.73 Å². The summed E-state index contributed by atoms with van der Waals surface area (Å²) in [5.74, 6) is 0.0135. The maximum absolute atomic E-state index is 6.09. The number of guanidine groups is 1. The van der Waals surface area contributed by atoms with Gasteiger partial charge in [0.2, 0.25) is 0 Å². The van der Waals surface area contributed by atoms with Crippen LogP contribution in [0.25, 0.3) is 11.1 Å². The van der Waals surface area contributed by atoms with Crippen molar-refractivity contribution < 1.29 is 0 Å². The molecule has 0 aliphatic heterocycles. The van der Waals surface area contributed by atoms with Gasteiger partial charge in [0.15, 0.2) is 5.96 Å². The lowest BCUT2D eigenvalue weighted by atomic mass is 9.94. The molecule has 0 bridgehead atoms. The van der Waals surface area contributed by atoms with Crippen LogP contribution in [0, 0.1) is 20.8 Å². The number of hydrogen-bond donors (Lipinski definition) is 3. The molecule has 6 N–H and O–H groups in total. The summed E-state index contributed by atoms with van der Waals surface area (Å²) >= 11 is 0. The minimum Gasteiger partial charge on any atom is -0.397 e. The van der Waals surface area contributed by atoms with E-state index in [9.17, 15) is 0 Å². The molecule has 0 spiro atoms. The first-order valence-corrected chi connectivity index (χ1v) is 6.46. The van der Waals surface area contributed by atoms with Crippen LogP contribution >= 0.6 is 0 Å². The first kappa shape index (κ1) is 13.9. The Kier molecular flexibility index (Phi) is 3.66. The van der Waals surface area contributed by atoms with Gasteiger partial charge < -0.3 is 17.2 Å². The SMILES string of the molecule is Cc1cc(-c2c(C)cccc2C)cc(N)c1N=C(N)N. The van der Waals surface area contributed by atoms with Gasteiger partial charge in [-0.25, -0.2) is 4.99 Å². The van der Waals surface area contributed by atoms with Gasteiger partial charge in [-0.1, -0.05) is 18.2 Å². The van der Waals surface area contributed by atoms with E-state index in [1.165, 1.54) is 16.7 Å². The summed E-state index contributed by atoms with van der Waals surface area (Å²) in [6.07, 6.45) is 0. The third kappa shape index (κ3) is 2.59. The van der Waals surface area contributed by atoms with Crippen LogP contribution < -0.4 is 17.2 Å². The second-order valence-corrected chi connectivity index (χ2v) is 5.03. The van der Waals surface area contributed by atoms with E-state index in [2.05, 4.69) is 43.1 Å². The van der Waals surface area contributed by atoms with Gasteiger partial charge in [-0.3, -0.25) is 0 Å². The third-order valence-corrected chi connectivity index (χ3v) is 3.34. The minimum absolute atomic E-state index is 0.0135. The third-order valence-electron chi connectivity index (χ3n) is 3.34. The summed E-state index contributed by atoms with van der Waals surface area (Å²) in [6.45, 7) is 6.14. The van der Waals surface area contributed by atoms with Gasteiger partial charge in [-0.05, 0) is 60.7 Å². The predicted molar refractivity (Wildman–Crippen MR) is 86.0 cm³/mol. The molecular weight excluding hydrogens is 248 g/mol. The van der Waals surface area contributed by atoms with Gasteiger partial charge in [0.05, 0.1) is 11.4 Å². The number of aliphatic imine (C=N–C) groups is 1. The van der Waals surface area contributed by atoms with Crippen LogP contribution in [0.4, 0.5) is 11.4 Å². The fraction of sp³-hybridized carbons (Fsp3) is 0.188. The highest BCUT2D eigenvalue weighted by atomic mass is 15.0. The van der Waals surface area contributed by atoms with Crippen molar-refractivity contribution >= 4 is 17.3 Å². The molecule has 0 aliphatic carbocycles. The molecule has 104 valence electrons. The van der Waals surface area contributed by atoms with E-state index in [4.69, 9.17) is 17.2 Å². The normalized spacial score (nSPS) is 10.3. The number of aryl methyl sites for hydroxylation is 3. The molecule has 0 fully saturated rings. The lowest BCUT2D eigenvalue weighted by Crippen LogP contribution is -2.22. The number of anilines is 1. The molecule has 2 aromatic carbocycles. The van der Waals surface area contributed by atoms with E-state index in [0.717, 1.165) is 11.1 Å². The maximum Gasteiger partial charge on any atom is 0.191 e. The van der Waals surface area contributed by atoms with Crippen molar-refractivity contribution in [3.05, 3.63) is 47.0 Å². The summed E-state index contributed by atoms with van der Waals surface area (Å²) in [5.41, 5.74) is 23.9. The van der Waals surface area contributed by atoms with E-state index in [1.807, 2.05) is 13.0 Å². The lowest BCUT2D eigenvalue weighted by Gasteiger charge is -2.13. The fourth-order valence-electron chi connectivity index (χ4n) is 2.50. The molecule has 0 aliphatic rings. The zero-order chi connectivity index (χ0) is 14.9. The Labute approximate surface area is 119 Å². The maximum atomic E-state index is 6.09.